The van der Waals surface area contributed by atoms with Crippen LogP contribution < -0.4 is 0 Å². The van der Waals surface area contributed by atoms with E-state index >= 15 is 0 Å². The van der Waals surface area contributed by atoms with Crippen molar-refractivity contribution in [3.63, 3.8) is 0 Å². The highest BCUT2D eigenvalue weighted by Crippen LogP contribution is 2.69. The second-order valence-corrected chi connectivity index (χ2v) is 23.0. The molecular weight excluding hydrogens is 1560 g/mol. The van der Waals surface area contributed by atoms with Crippen molar-refractivity contribution in [3.05, 3.63) is 0 Å². The summed E-state index contributed by atoms with van der Waals surface area (Å²) < 4.78 is 569. The molecule has 0 nitrogen and oxygen atoms in total. The highest BCUT2D eigenvalue weighted by Gasteiger charge is 3.00. The summed E-state index contributed by atoms with van der Waals surface area (Å²) in [6, 6.07) is 0. The minimum absolute atomic E-state index is 0.0508. The summed E-state index contributed by atoms with van der Waals surface area (Å²) >= 11 is 1.64. The van der Waals surface area contributed by atoms with Gasteiger partial charge in [-0.05, 0) is 12.8 Å². The van der Waals surface area contributed by atoms with Crippen LogP contribution in [0.2, 0.25) is 0 Å². The highest BCUT2D eigenvalue weighted by atomic mass is 127. The molecule has 0 aliphatic carbocycles. The molecule has 0 rings (SSSR count). The Balaban J connectivity index is 5.01. The first-order valence-electron chi connectivity index (χ1n) is 23.7. The van der Waals surface area contributed by atoms with Crippen molar-refractivity contribution < 1.29 is 184 Å². The maximum atomic E-state index is 14.4. The van der Waals surface area contributed by atoms with Gasteiger partial charge >= 0.3 is 119 Å². The van der Waals surface area contributed by atoms with Crippen molar-refractivity contribution in [2.45, 2.75) is 255 Å². The first-order chi connectivity index (χ1) is 37.5. The van der Waals surface area contributed by atoms with Gasteiger partial charge in [-0.1, -0.05) is 148 Å². The van der Waals surface area contributed by atoms with E-state index in [4.69, 9.17) is 0 Å². The standard InChI is InChI=1S/C42H42F42I2/c43-23(44,25(47,48)27(51,52)29(55,56)31(59,60)33(63,64)35(67,68)37(71,72)39(75,76)41(79,80)81)19-21(85)17-15-13-11-9-7-5-3-1-2-4-6-8-10-12-14-16-18-22(86)20-24(45,46)26(49,50)28(53,54)30(57,58)32(61,62)34(65,66)36(69,70)38(73,74)40(77,78)42(82,83)84/h21-22H,1-20H2. The third-order valence-electron chi connectivity index (χ3n) is 12.9. The maximum absolute atomic E-state index is 14.4. The molecule has 0 aliphatic rings. The molecule has 0 fully saturated rings. The lowest BCUT2D eigenvalue weighted by Crippen LogP contribution is -2.76. The van der Waals surface area contributed by atoms with E-state index in [1.807, 2.05) is 0 Å². The first kappa shape index (κ1) is 84.5. The Morgan fingerprint density at radius 2 is 0.279 bits per heavy atom. The number of unbranched alkanes of at least 4 members (excludes halogenated alkanes) is 15. The van der Waals surface area contributed by atoms with E-state index in [-0.39, 0.29) is 38.5 Å². The van der Waals surface area contributed by atoms with Crippen molar-refractivity contribution in [2.24, 2.45) is 0 Å². The van der Waals surface area contributed by atoms with E-state index in [0.29, 0.717) is 64.2 Å². The third kappa shape index (κ3) is 15.0. The van der Waals surface area contributed by atoms with Crippen LogP contribution in [0.3, 0.4) is 0 Å². The van der Waals surface area contributed by atoms with Gasteiger partial charge < -0.3 is 0 Å². The van der Waals surface area contributed by atoms with Gasteiger partial charge in [-0.3, -0.25) is 0 Å². The number of hydrogen-bond donors (Lipinski definition) is 0. The molecule has 2 atom stereocenters. The second kappa shape index (κ2) is 27.2. The number of rotatable bonds is 39. The van der Waals surface area contributed by atoms with Crippen molar-refractivity contribution in [2.75, 3.05) is 0 Å². The Hall–Kier alpha value is -1.48. The van der Waals surface area contributed by atoms with Crippen LogP contribution in [-0.2, 0) is 0 Å². The van der Waals surface area contributed by atoms with Crippen molar-refractivity contribution in [1.29, 1.82) is 0 Å². The monoisotopic (exact) mass is 1600 g/mol. The minimum Gasteiger partial charge on any atom is -0.200 e. The molecule has 0 N–H and O–H groups in total. The summed E-state index contributed by atoms with van der Waals surface area (Å²) in [7, 11) is 0. The molecule has 0 aromatic rings. The first-order valence-corrected chi connectivity index (χ1v) is 26.2. The Bertz CT molecular complexity index is 1960. The number of hydrogen-bond acceptors (Lipinski definition) is 0. The number of alkyl halides is 44. The zero-order chi connectivity index (χ0) is 69.3. The molecule has 0 aromatic heterocycles. The Kier molecular flexibility index (Phi) is 26.8. The van der Waals surface area contributed by atoms with Gasteiger partial charge in [0.15, 0.2) is 0 Å². The van der Waals surface area contributed by atoms with E-state index in [1.54, 1.807) is 0 Å². The molecule has 2 unspecified atom stereocenters. The highest BCUT2D eigenvalue weighted by molar-refractivity contribution is 14.1. The lowest BCUT2D eigenvalue weighted by atomic mass is 9.85. The zero-order valence-electron chi connectivity index (χ0n) is 41.9. The van der Waals surface area contributed by atoms with Crippen LogP contribution in [0.4, 0.5) is 184 Å². The van der Waals surface area contributed by atoms with Gasteiger partial charge in [-0.25, -0.2) is 0 Å². The Labute approximate surface area is 483 Å². The van der Waals surface area contributed by atoms with Crippen LogP contribution >= 0.6 is 45.2 Å². The Morgan fingerprint density at radius 1 is 0.163 bits per heavy atom. The molecule has 86 heavy (non-hydrogen) atoms. The lowest BCUT2D eigenvalue weighted by Gasteiger charge is -2.44. The molecular formula is C42H42F42I2. The fraction of sp³-hybridized carbons (Fsp3) is 1.00. The average Bonchev–Trinajstić information content (AvgIpc) is 0.709. The largest absolute Gasteiger partial charge is 0.460 e. The summed E-state index contributed by atoms with van der Waals surface area (Å²) in [6.45, 7) is 0. The summed E-state index contributed by atoms with van der Waals surface area (Å²) in [6.07, 6.45) is -17.5. The van der Waals surface area contributed by atoms with Gasteiger partial charge in [0.1, 0.15) is 0 Å². The SMILES string of the molecule is FC(F)(F)C(F)(F)C(F)(F)C(F)(F)C(F)(F)C(F)(F)C(F)(F)C(F)(F)C(F)(F)C(F)(F)CC(I)CCCCCCCCCCCCCCCCCCC(I)CC(F)(F)C(F)(F)C(F)(F)C(F)(F)C(F)(F)C(F)(F)C(F)(F)C(F)(F)C(F)(F)C(F)(F)F. The molecule has 0 aromatic carbocycles. The predicted molar refractivity (Wildman–Crippen MR) is 229 cm³/mol. The van der Waals surface area contributed by atoms with Gasteiger partial charge in [-0.15, -0.1) is 0 Å². The molecule has 44 heteroatoms. The normalized spacial score (nSPS) is 16.7. The molecule has 518 valence electrons. The molecule has 0 heterocycles. The molecule has 0 radical (unpaired) electrons. The van der Waals surface area contributed by atoms with E-state index in [0.717, 1.165) is 45.2 Å². The molecule has 0 saturated heterocycles. The third-order valence-corrected chi connectivity index (χ3v) is 15.0. The zero-order valence-corrected chi connectivity index (χ0v) is 46.2. The van der Waals surface area contributed by atoms with Crippen molar-refractivity contribution in [1.82, 2.24) is 0 Å². The average molecular weight is 1600 g/mol. The summed E-state index contributed by atoms with van der Waals surface area (Å²) in [5, 5.41) is 0. The van der Waals surface area contributed by atoms with E-state index in [2.05, 4.69) is 0 Å². The van der Waals surface area contributed by atoms with E-state index in [9.17, 15) is 184 Å². The van der Waals surface area contributed by atoms with Gasteiger partial charge in [0, 0.05) is 20.7 Å². The van der Waals surface area contributed by atoms with Crippen molar-refractivity contribution in [3.8, 4) is 0 Å². The predicted octanol–water partition coefficient (Wildman–Crippen LogP) is 23.0. The molecule has 0 saturated carbocycles. The van der Waals surface area contributed by atoms with Crippen LogP contribution in [0.15, 0.2) is 0 Å². The Morgan fingerprint density at radius 3 is 0.419 bits per heavy atom. The smallest absolute Gasteiger partial charge is 0.200 e. The van der Waals surface area contributed by atoms with Gasteiger partial charge in [0.05, 0.1) is 0 Å². The van der Waals surface area contributed by atoms with Crippen LogP contribution in [0.5, 0.6) is 0 Å². The fourth-order valence-electron chi connectivity index (χ4n) is 7.40. The molecule has 0 aliphatic heterocycles. The maximum Gasteiger partial charge on any atom is 0.460 e. The van der Waals surface area contributed by atoms with E-state index in [1.165, 1.54) is 0 Å². The van der Waals surface area contributed by atoms with Gasteiger partial charge in [0.25, 0.3) is 0 Å². The number of halogens is 44. The summed E-state index contributed by atoms with van der Waals surface area (Å²) in [5.41, 5.74) is 0. The summed E-state index contributed by atoms with van der Waals surface area (Å²) in [4.78, 5) is 0. The van der Waals surface area contributed by atoms with Gasteiger partial charge in [-0.2, -0.15) is 184 Å². The van der Waals surface area contributed by atoms with Crippen LogP contribution in [0.25, 0.3) is 0 Å². The topological polar surface area (TPSA) is 0 Å². The van der Waals surface area contributed by atoms with E-state index < -0.39 is 152 Å². The van der Waals surface area contributed by atoms with Crippen LogP contribution in [0, 0.1) is 0 Å². The van der Waals surface area contributed by atoms with Crippen molar-refractivity contribution >= 4 is 45.2 Å². The second-order valence-electron chi connectivity index (χ2n) is 19.4. The minimum atomic E-state index is -9.26. The van der Waals surface area contributed by atoms with Crippen LogP contribution in [0.1, 0.15) is 128 Å². The molecule has 0 spiro atoms. The molecule has 0 amide bonds. The van der Waals surface area contributed by atoms with Crippen LogP contribution in [-0.4, -0.2) is 127 Å². The fourth-order valence-corrected chi connectivity index (χ4v) is 9.39. The van der Waals surface area contributed by atoms with Gasteiger partial charge in [0.2, 0.25) is 0 Å². The summed E-state index contributed by atoms with van der Waals surface area (Å²) in [5.74, 6) is -155. The lowest BCUT2D eigenvalue weighted by molar-refractivity contribution is -0.474. The quantitative estimate of drug-likeness (QED) is 0.0249. The molecule has 0 bridgehead atoms.